The summed E-state index contributed by atoms with van der Waals surface area (Å²) in [6.45, 7) is -0.951. The van der Waals surface area contributed by atoms with Gasteiger partial charge in [-0.2, -0.15) is 0 Å². The fraction of sp³-hybridized carbons (Fsp3) is 0.500. The van der Waals surface area contributed by atoms with Gasteiger partial charge in [0, 0.05) is 0 Å². The number of nitrogens with zero attached hydrogens (tertiary/aromatic N) is 1. The van der Waals surface area contributed by atoms with Crippen LogP contribution in [0.15, 0.2) is 4.99 Å². The van der Waals surface area contributed by atoms with E-state index in [4.69, 9.17) is 4.19 Å². The van der Waals surface area contributed by atoms with Gasteiger partial charge in [0.1, 0.15) is 8.06 Å². The molecule has 3 heteroatoms. The van der Waals surface area contributed by atoms with Crippen LogP contribution in [0.1, 0.15) is 1.37 Å². The molecule has 0 saturated heterocycles. The Kier molecular flexibility index (Phi) is 0.195. The molecule has 0 amide bonds. The Morgan fingerprint density at radius 3 is 3.60 bits per heavy atom. The van der Waals surface area contributed by atoms with Crippen LogP contribution in [0.4, 0.5) is 0 Å². The lowest BCUT2D eigenvalue weighted by molar-refractivity contribution is 0.731. The lowest BCUT2D eigenvalue weighted by atomic mass is 11.2. The summed E-state index contributed by atoms with van der Waals surface area (Å²) in [5.41, 5.74) is 1.33. The molecule has 0 aromatic heterocycles. The second-order valence-corrected chi connectivity index (χ2v) is 0.611. The van der Waals surface area contributed by atoms with E-state index in [2.05, 4.69) is 4.99 Å². The molecule has 5 heavy (non-hydrogen) atoms. The summed E-state index contributed by atoms with van der Waals surface area (Å²) in [4.78, 5) is 3.42. The van der Waals surface area contributed by atoms with Gasteiger partial charge in [-0.05, 0) is 0 Å². The highest BCUT2D eigenvalue weighted by atomic mass is 15.4. The molecule has 0 fully saturated rings. The highest BCUT2D eigenvalue weighted by Gasteiger charge is 1.79. The molecule has 28 valence electrons. The SMILES string of the molecule is [2H]C1N=CN([2H])N1[2H]. The third-order valence-corrected chi connectivity index (χ3v) is 0.303. The van der Waals surface area contributed by atoms with E-state index < -0.39 is 6.64 Å². The van der Waals surface area contributed by atoms with E-state index in [-0.39, 0.29) is 0 Å². The summed E-state index contributed by atoms with van der Waals surface area (Å²) in [6.07, 6.45) is 1.12. The van der Waals surface area contributed by atoms with Crippen molar-refractivity contribution < 1.29 is 4.19 Å². The minimum absolute atomic E-state index is 0.639. The number of aliphatic imine (C=N–C) groups is 1. The summed E-state index contributed by atoms with van der Waals surface area (Å²) < 4.78 is 20.4. The van der Waals surface area contributed by atoms with E-state index in [9.17, 15) is 0 Å². The van der Waals surface area contributed by atoms with Crippen molar-refractivity contribution in [2.45, 2.75) is 0 Å². The lowest BCUT2D eigenvalue weighted by Crippen LogP contribution is -2.22. The van der Waals surface area contributed by atoms with Gasteiger partial charge in [0.15, 0.2) is 1.41 Å². The quantitative estimate of drug-likeness (QED) is 0.390. The van der Waals surface area contributed by atoms with Gasteiger partial charge in [-0.3, -0.25) is 4.99 Å². The van der Waals surface area contributed by atoms with E-state index in [1.54, 1.807) is 0 Å². The molecule has 0 aliphatic carbocycles. The second kappa shape index (κ2) is 1.03. The Balaban J connectivity index is 2.55. The van der Waals surface area contributed by atoms with E-state index in [1.807, 2.05) is 0 Å². The smallest absolute Gasteiger partial charge is 0.182 e. The van der Waals surface area contributed by atoms with Crippen molar-refractivity contribution in [3.8, 4) is 0 Å². The standard InChI is InChI=1S/C2H5N3/c1-3-2-5-4-1/h1,5H,2H2,(H,3,4)/i2D/hD2. The van der Waals surface area contributed by atoms with Gasteiger partial charge >= 0.3 is 0 Å². The van der Waals surface area contributed by atoms with Crippen LogP contribution in [0.25, 0.3) is 0 Å². The van der Waals surface area contributed by atoms with Crippen molar-refractivity contribution in [1.29, 1.82) is 0 Å². The summed E-state index contributed by atoms with van der Waals surface area (Å²) in [7, 11) is 0. The van der Waals surface area contributed by atoms with Gasteiger partial charge in [0.2, 0.25) is 0 Å². The molecule has 2 N–H and O–H groups in total. The van der Waals surface area contributed by atoms with Crippen molar-refractivity contribution in [2.24, 2.45) is 4.99 Å². The first kappa shape index (κ1) is 0.944. The lowest BCUT2D eigenvalue weighted by Gasteiger charge is -1.80. The molecule has 0 aromatic rings. The highest BCUT2D eigenvalue weighted by molar-refractivity contribution is 5.54. The topological polar surface area (TPSA) is 36.4 Å². The summed E-state index contributed by atoms with van der Waals surface area (Å²) in [5.74, 6) is 0. The molecule has 1 heterocycles. The minimum atomic E-state index is -0.951. The van der Waals surface area contributed by atoms with Crippen LogP contribution in [0.2, 0.25) is 2.82 Å². The Bertz CT molecular complexity index is 103. The molecule has 3 nitrogen and oxygen atoms in total. The van der Waals surface area contributed by atoms with Crippen LogP contribution in [-0.2, 0) is 0 Å². The van der Waals surface area contributed by atoms with Crippen molar-refractivity contribution in [3.05, 3.63) is 0 Å². The van der Waals surface area contributed by atoms with Gasteiger partial charge in [-0.1, -0.05) is 0 Å². The summed E-state index contributed by atoms with van der Waals surface area (Å²) in [5, 5.41) is 0. The number of hydrazine groups is 1. The van der Waals surface area contributed by atoms with Gasteiger partial charge in [-0.25, -0.2) is 5.42 Å². The molecule has 0 aromatic carbocycles. The predicted octanol–water partition coefficient (Wildman–Crippen LogP) is -0.920. The zero-order valence-electron chi connectivity index (χ0n) is 5.50. The molecular weight excluding hydrogens is 66.0 g/mol. The third kappa shape index (κ3) is 0.357. The number of hydrogen-bond acceptors (Lipinski definition) is 3. The van der Waals surface area contributed by atoms with Crippen LogP contribution in [-0.4, -0.2) is 13.0 Å². The maximum atomic E-state index is 6.85. The second-order valence-electron chi connectivity index (χ2n) is 0.611. The molecule has 0 bridgehead atoms. The van der Waals surface area contributed by atoms with E-state index in [0.717, 1.165) is 6.34 Å². The average Bonchev–Trinajstić information content (AvgIpc) is 1.98. The minimum Gasteiger partial charge on any atom is -0.310 e. The van der Waals surface area contributed by atoms with Crippen molar-refractivity contribution in [3.63, 3.8) is 0 Å². The largest absolute Gasteiger partial charge is 0.310 e. The van der Waals surface area contributed by atoms with E-state index in [1.165, 1.54) is 0 Å². The van der Waals surface area contributed by atoms with Crippen LogP contribution in [0.5, 0.6) is 0 Å². The van der Waals surface area contributed by atoms with Gasteiger partial charge in [0.25, 0.3) is 0 Å². The molecule has 0 saturated carbocycles. The zero-order chi connectivity index (χ0) is 6.15. The molecule has 1 rings (SSSR count). The zero-order valence-corrected chi connectivity index (χ0v) is 2.50. The van der Waals surface area contributed by atoms with Crippen LogP contribution in [0, 0.1) is 0 Å². The van der Waals surface area contributed by atoms with Crippen LogP contribution < -0.4 is 10.8 Å². The van der Waals surface area contributed by atoms with Crippen molar-refractivity contribution in [2.75, 3.05) is 6.64 Å². The first-order valence-corrected chi connectivity index (χ1v) is 1.23. The van der Waals surface area contributed by atoms with Gasteiger partial charge in [0.05, 0.1) is 7.71 Å². The Morgan fingerprint density at radius 1 is 2.40 bits per heavy atom. The van der Waals surface area contributed by atoms with Crippen LogP contribution in [0.3, 0.4) is 0 Å². The Hall–Kier alpha value is -0.570. The third-order valence-electron chi connectivity index (χ3n) is 0.303. The van der Waals surface area contributed by atoms with Crippen LogP contribution >= 0.6 is 0 Å². The maximum absolute atomic E-state index is 6.85. The van der Waals surface area contributed by atoms with Gasteiger partial charge in [-0.15, -0.1) is 0 Å². The van der Waals surface area contributed by atoms with Crippen molar-refractivity contribution >= 4 is 6.34 Å². The number of rotatable bonds is 0. The van der Waals surface area contributed by atoms with E-state index >= 15 is 0 Å². The molecule has 1 unspecified atom stereocenters. The molecule has 1 aliphatic rings. The summed E-state index contributed by atoms with van der Waals surface area (Å²) >= 11 is 0. The molecular formula is C2H5N3. The molecule has 0 spiro atoms. The average molecular weight is 74.1 g/mol. The van der Waals surface area contributed by atoms with Crippen molar-refractivity contribution in [1.82, 2.24) is 10.8 Å². The normalized spacial score (nSPS) is 48.4. The fourth-order valence-electron chi connectivity index (χ4n) is 0.149. The highest BCUT2D eigenvalue weighted by Crippen LogP contribution is 1.59. The molecule has 1 aliphatic heterocycles. The Morgan fingerprint density at radius 2 is 3.40 bits per heavy atom. The predicted molar refractivity (Wildman–Crippen MR) is 19.6 cm³/mol. The summed E-state index contributed by atoms with van der Waals surface area (Å²) in [6, 6.07) is 0. The first-order chi connectivity index (χ1) is 3.72. The molecule has 1 atom stereocenters. The number of nitrogens with one attached hydrogen (secondary N) is 2. The van der Waals surface area contributed by atoms with Gasteiger partial charge < -0.3 is 5.42 Å². The first-order valence-electron chi connectivity index (χ1n) is 2.70. The maximum Gasteiger partial charge on any atom is 0.182 e. The Labute approximate surface area is 34.4 Å². The number of hydrogen-bond donors (Lipinski definition) is 2. The fourth-order valence-corrected chi connectivity index (χ4v) is 0.149. The molecule has 0 radical (unpaired) electrons. The van der Waals surface area contributed by atoms with E-state index in [0.29, 0.717) is 10.8 Å². The monoisotopic (exact) mass is 74.1 g/mol.